The number of nitriles is 1. The van der Waals surface area contributed by atoms with Gasteiger partial charge in [0.2, 0.25) is 0 Å². The summed E-state index contributed by atoms with van der Waals surface area (Å²) >= 11 is 0. The summed E-state index contributed by atoms with van der Waals surface area (Å²) in [7, 11) is 0. The lowest BCUT2D eigenvalue weighted by atomic mass is 10.0. The second kappa shape index (κ2) is 7.06. The number of piperidine rings is 2. The molecule has 112 valence electrons. The topological polar surface area (TPSA) is 30.3 Å². The summed E-state index contributed by atoms with van der Waals surface area (Å²) in [6.07, 6.45) is 8.44. The van der Waals surface area contributed by atoms with Crippen molar-refractivity contribution in [1.82, 2.24) is 9.80 Å². The van der Waals surface area contributed by atoms with Gasteiger partial charge in [0.05, 0.1) is 17.8 Å². The van der Waals surface area contributed by atoms with E-state index < -0.39 is 0 Å². The van der Waals surface area contributed by atoms with Gasteiger partial charge in [-0.3, -0.25) is 9.80 Å². The van der Waals surface area contributed by atoms with Crippen LogP contribution in [0.2, 0.25) is 0 Å². The molecule has 0 aliphatic carbocycles. The van der Waals surface area contributed by atoms with Crippen molar-refractivity contribution in [2.45, 2.75) is 44.7 Å². The number of rotatable bonds is 3. The zero-order valence-electron chi connectivity index (χ0n) is 12.8. The van der Waals surface area contributed by atoms with Crippen LogP contribution in [0.1, 0.15) is 55.8 Å². The first kappa shape index (κ1) is 14.6. The van der Waals surface area contributed by atoms with Crippen molar-refractivity contribution in [3.8, 4) is 6.07 Å². The number of hydrogen-bond donors (Lipinski definition) is 0. The fourth-order valence-corrected chi connectivity index (χ4v) is 3.71. The van der Waals surface area contributed by atoms with Crippen LogP contribution in [0.15, 0.2) is 24.3 Å². The van der Waals surface area contributed by atoms with E-state index in [1.807, 2.05) is 12.1 Å². The zero-order chi connectivity index (χ0) is 14.5. The molecule has 2 saturated heterocycles. The summed E-state index contributed by atoms with van der Waals surface area (Å²) in [6, 6.07) is 10.5. The maximum absolute atomic E-state index is 8.99. The molecule has 21 heavy (non-hydrogen) atoms. The van der Waals surface area contributed by atoms with Crippen LogP contribution in [0, 0.1) is 11.3 Å². The number of hydrogen-bond acceptors (Lipinski definition) is 3. The van der Waals surface area contributed by atoms with Gasteiger partial charge in [0.15, 0.2) is 0 Å². The number of likely N-dealkylation sites (tertiary alicyclic amines) is 2. The number of nitrogens with zero attached hydrogens (tertiary/aromatic N) is 3. The molecule has 2 aliphatic rings. The summed E-state index contributed by atoms with van der Waals surface area (Å²) in [5.41, 5.74) is 2.12. The third-order valence-corrected chi connectivity index (χ3v) is 4.81. The van der Waals surface area contributed by atoms with Crippen LogP contribution in [0.5, 0.6) is 0 Å². The Balaban J connectivity index is 1.84. The molecule has 0 spiro atoms. The predicted octanol–water partition coefficient (Wildman–Crippen LogP) is 3.53. The summed E-state index contributed by atoms with van der Waals surface area (Å²) in [6.45, 7) is 4.84. The molecule has 2 fully saturated rings. The SMILES string of the molecule is N#Cc1ccc(C(N2CCCCC2)N2CCCCC2)cc1. The van der Waals surface area contributed by atoms with Crippen molar-refractivity contribution in [1.29, 1.82) is 5.26 Å². The average Bonchev–Trinajstić information content (AvgIpc) is 2.58. The highest BCUT2D eigenvalue weighted by atomic mass is 15.4. The molecular weight excluding hydrogens is 258 g/mol. The van der Waals surface area contributed by atoms with E-state index in [1.54, 1.807) is 0 Å². The molecule has 0 N–H and O–H groups in total. The Morgan fingerprint density at radius 2 is 1.24 bits per heavy atom. The Hall–Kier alpha value is -1.37. The Morgan fingerprint density at radius 1 is 0.762 bits per heavy atom. The van der Waals surface area contributed by atoms with Gasteiger partial charge < -0.3 is 0 Å². The third kappa shape index (κ3) is 3.45. The van der Waals surface area contributed by atoms with Crippen LogP contribution < -0.4 is 0 Å². The molecule has 0 aromatic heterocycles. The minimum Gasteiger partial charge on any atom is -0.284 e. The highest BCUT2D eigenvalue weighted by Gasteiger charge is 2.28. The molecule has 0 radical (unpaired) electrons. The van der Waals surface area contributed by atoms with Crippen molar-refractivity contribution in [2.75, 3.05) is 26.2 Å². The second-order valence-electron chi connectivity index (χ2n) is 6.30. The van der Waals surface area contributed by atoms with Crippen molar-refractivity contribution in [2.24, 2.45) is 0 Å². The molecule has 0 atom stereocenters. The van der Waals surface area contributed by atoms with Gasteiger partial charge in [0.25, 0.3) is 0 Å². The normalized spacial score (nSPS) is 21.3. The van der Waals surface area contributed by atoms with E-state index in [9.17, 15) is 0 Å². The highest BCUT2D eigenvalue weighted by molar-refractivity contribution is 5.32. The van der Waals surface area contributed by atoms with Crippen molar-refractivity contribution >= 4 is 0 Å². The standard InChI is InChI=1S/C18H25N3/c19-15-16-7-9-17(10-8-16)18(20-11-3-1-4-12-20)21-13-5-2-6-14-21/h7-10,18H,1-6,11-14H2. The van der Waals surface area contributed by atoms with Gasteiger partial charge in [-0.05, 0) is 69.6 Å². The minimum absolute atomic E-state index is 0.415. The molecule has 3 nitrogen and oxygen atoms in total. The van der Waals surface area contributed by atoms with Crippen LogP contribution in [-0.4, -0.2) is 36.0 Å². The third-order valence-electron chi connectivity index (χ3n) is 4.81. The van der Waals surface area contributed by atoms with Crippen LogP contribution in [-0.2, 0) is 0 Å². The van der Waals surface area contributed by atoms with E-state index in [1.165, 1.54) is 70.3 Å². The Labute approximate surface area is 128 Å². The van der Waals surface area contributed by atoms with E-state index in [4.69, 9.17) is 5.26 Å². The highest BCUT2D eigenvalue weighted by Crippen LogP contribution is 2.30. The van der Waals surface area contributed by atoms with Crippen LogP contribution in [0.25, 0.3) is 0 Å². The lowest BCUT2D eigenvalue weighted by Gasteiger charge is -2.43. The molecular formula is C18H25N3. The van der Waals surface area contributed by atoms with E-state index >= 15 is 0 Å². The Kier molecular flexibility index (Phi) is 4.90. The van der Waals surface area contributed by atoms with Gasteiger partial charge in [-0.15, -0.1) is 0 Å². The monoisotopic (exact) mass is 283 g/mol. The fraction of sp³-hybridized carbons (Fsp3) is 0.611. The van der Waals surface area contributed by atoms with E-state index in [0.717, 1.165) is 5.56 Å². The first-order valence-corrected chi connectivity index (χ1v) is 8.36. The predicted molar refractivity (Wildman–Crippen MR) is 84.7 cm³/mol. The summed E-state index contributed by atoms with van der Waals surface area (Å²) in [5, 5.41) is 8.99. The van der Waals surface area contributed by atoms with E-state index in [2.05, 4.69) is 28.0 Å². The van der Waals surface area contributed by atoms with Gasteiger partial charge in [0, 0.05) is 0 Å². The van der Waals surface area contributed by atoms with E-state index in [0.29, 0.717) is 6.17 Å². The van der Waals surface area contributed by atoms with Gasteiger partial charge in [-0.25, -0.2) is 0 Å². The first-order valence-electron chi connectivity index (χ1n) is 8.36. The van der Waals surface area contributed by atoms with Crippen LogP contribution in [0.4, 0.5) is 0 Å². The minimum atomic E-state index is 0.415. The summed E-state index contributed by atoms with van der Waals surface area (Å²) in [4.78, 5) is 5.30. The molecule has 2 heterocycles. The van der Waals surface area contributed by atoms with Crippen LogP contribution >= 0.6 is 0 Å². The van der Waals surface area contributed by atoms with Crippen molar-refractivity contribution < 1.29 is 0 Å². The molecule has 0 unspecified atom stereocenters. The molecule has 1 aromatic carbocycles. The van der Waals surface area contributed by atoms with Gasteiger partial charge in [-0.2, -0.15) is 5.26 Å². The molecule has 0 bridgehead atoms. The fourth-order valence-electron chi connectivity index (χ4n) is 3.71. The molecule has 0 saturated carbocycles. The maximum Gasteiger partial charge on any atom is 0.0991 e. The lowest BCUT2D eigenvalue weighted by molar-refractivity contribution is 0.0156. The van der Waals surface area contributed by atoms with Gasteiger partial charge in [0.1, 0.15) is 0 Å². The first-order chi connectivity index (χ1) is 10.4. The lowest BCUT2D eigenvalue weighted by Crippen LogP contribution is -2.45. The molecule has 1 aromatic rings. The Bertz CT molecular complexity index is 458. The van der Waals surface area contributed by atoms with Crippen molar-refractivity contribution in [3.63, 3.8) is 0 Å². The summed E-state index contributed by atoms with van der Waals surface area (Å²) < 4.78 is 0. The van der Waals surface area contributed by atoms with Gasteiger partial charge >= 0.3 is 0 Å². The summed E-state index contributed by atoms with van der Waals surface area (Å²) in [5.74, 6) is 0. The van der Waals surface area contributed by atoms with Crippen molar-refractivity contribution in [3.05, 3.63) is 35.4 Å². The molecule has 0 amide bonds. The Morgan fingerprint density at radius 3 is 1.67 bits per heavy atom. The smallest absolute Gasteiger partial charge is 0.0991 e. The van der Waals surface area contributed by atoms with Crippen LogP contribution in [0.3, 0.4) is 0 Å². The van der Waals surface area contributed by atoms with Gasteiger partial charge in [-0.1, -0.05) is 25.0 Å². The maximum atomic E-state index is 8.99. The second-order valence-corrected chi connectivity index (χ2v) is 6.30. The molecule has 3 heteroatoms. The molecule has 3 rings (SSSR count). The number of benzene rings is 1. The quantitative estimate of drug-likeness (QED) is 0.850. The molecule has 2 aliphatic heterocycles. The zero-order valence-corrected chi connectivity index (χ0v) is 12.8. The van der Waals surface area contributed by atoms with E-state index in [-0.39, 0.29) is 0 Å². The largest absolute Gasteiger partial charge is 0.284 e. The average molecular weight is 283 g/mol.